The molecule has 11 aromatic rings. The molecule has 0 radical (unpaired) electrons. The lowest BCUT2D eigenvalue weighted by molar-refractivity contribution is 0.396. The van der Waals surface area contributed by atoms with E-state index in [1.165, 1.54) is 0 Å². The summed E-state index contributed by atoms with van der Waals surface area (Å²) >= 11 is 0. The summed E-state index contributed by atoms with van der Waals surface area (Å²) in [6, 6.07) is 51.0. The maximum Gasteiger partial charge on any atom is 0.202 e. The Kier molecular flexibility index (Phi) is 8.77. The highest BCUT2D eigenvalue weighted by Crippen LogP contribution is 2.58. The van der Waals surface area contributed by atoms with Gasteiger partial charge in [-0.2, -0.15) is 0 Å². The van der Waals surface area contributed by atoms with E-state index in [4.69, 9.17) is 13.8 Å². The number of para-hydroxylation sites is 1. The Bertz CT molecular complexity index is 3520. The van der Waals surface area contributed by atoms with Gasteiger partial charge in [-0.3, -0.25) is 0 Å². The van der Waals surface area contributed by atoms with Crippen LogP contribution in [-0.4, -0.2) is 45.6 Å². The number of hydrogen-bond donors (Lipinski definition) is 6. The van der Waals surface area contributed by atoms with Crippen LogP contribution in [0.1, 0.15) is 0 Å². The van der Waals surface area contributed by atoms with Gasteiger partial charge in [0, 0.05) is 10.9 Å². The number of benzene rings is 8. The zero-order valence-corrected chi connectivity index (χ0v) is 33.4. The summed E-state index contributed by atoms with van der Waals surface area (Å²) in [5, 5.41) is 71.3. The highest BCUT2D eigenvalue weighted by molar-refractivity contribution is 6.19. The van der Waals surface area contributed by atoms with Gasteiger partial charge in [-0.1, -0.05) is 133 Å². The van der Waals surface area contributed by atoms with Crippen molar-refractivity contribution in [3.8, 4) is 113 Å². The lowest BCUT2D eigenvalue weighted by Crippen LogP contribution is -2.00. The van der Waals surface area contributed by atoms with Crippen molar-refractivity contribution in [3.63, 3.8) is 0 Å². The molecule has 11 rings (SSSR count). The molecule has 64 heavy (non-hydrogen) atoms. The van der Waals surface area contributed by atoms with Crippen LogP contribution in [-0.2, 0) is 0 Å². The summed E-state index contributed by atoms with van der Waals surface area (Å²) in [7, 11) is 0. The molecule has 11 nitrogen and oxygen atoms in total. The van der Waals surface area contributed by atoms with Gasteiger partial charge < -0.3 is 39.5 Å². The molecular formula is C53H33N3O8. The van der Waals surface area contributed by atoms with Crippen molar-refractivity contribution in [2.45, 2.75) is 0 Å². The molecule has 6 N–H and O–H groups in total. The second kappa shape index (κ2) is 14.8. The van der Waals surface area contributed by atoms with E-state index in [1.54, 1.807) is 24.3 Å². The van der Waals surface area contributed by atoms with Gasteiger partial charge in [-0.05, 0) is 69.3 Å². The number of nitrogens with zero attached hydrogens (tertiary/aromatic N) is 3. The van der Waals surface area contributed by atoms with Crippen molar-refractivity contribution in [1.82, 2.24) is 15.0 Å². The van der Waals surface area contributed by atoms with Crippen molar-refractivity contribution in [3.05, 3.63) is 164 Å². The lowest BCUT2D eigenvalue weighted by Gasteiger charge is -2.15. The van der Waals surface area contributed by atoms with Crippen molar-refractivity contribution in [1.29, 1.82) is 0 Å². The summed E-state index contributed by atoms with van der Waals surface area (Å²) in [5.41, 5.74) is 5.12. The van der Waals surface area contributed by atoms with Crippen LogP contribution in [0.3, 0.4) is 0 Å². The van der Waals surface area contributed by atoms with E-state index in [2.05, 4.69) is 9.97 Å². The molecule has 0 unspecified atom stereocenters. The Morgan fingerprint density at radius 2 is 0.781 bits per heavy atom. The number of phenols is 6. The molecule has 0 bridgehead atoms. The van der Waals surface area contributed by atoms with Gasteiger partial charge in [-0.15, -0.1) is 0 Å². The Hall–Kier alpha value is -9.09. The number of furan rings is 2. The third-order valence-electron chi connectivity index (χ3n) is 11.4. The van der Waals surface area contributed by atoms with E-state index in [9.17, 15) is 30.6 Å². The predicted octanol–water partition coefficient (Wildman–Crippen LogP) is 12.4. The first-order chi connectivity index (χ1) is 31.2. The fraction of sp³-hybridized carbons (Fsp3) is 0. The largest absolute Gasteiger partial charge is 0.506 e. The monoisotopic (exact) mass is 839 g/mol. The fourth-order valence-electron chi connectivity index (χ4n) is 8.26. The highest BCUT2D eigenvalue weighted by Gasteiger charge is 2.33. The summed E-state index contributed by atoms with van der Waals surface area (Å²) in [4.78, 5) is 14.0. The second-order valence-corrected chi connectivity index (χ2v) is 15.3. The Balaban J connectivity index is 1.11. The third kappa shape index (κ3) is 6.18. The quantitative estimate of drug-likeness (QED) is 0.0662. The molecule has 308 valence electrons. The third-order valence-corrected chi connectivity index (χ3v) is 11.4. The lowest BCUT2D eigenvalue weighted by atomic mass is 9.91. The highest BCUT2D eigenvalue weighted by atomic mass is 16.4. The number of fused-ring (bicyclic) bond motifs is 4. The van der Waals surface area contributed by atoms with E-state index >= 15 is 0 Å². The molecular weight excluding hydrogens is 807 g/mol. The molecule has 3 heterocycles. The standard InChI is InChI=1S/C53H33N3O8/c57-43-39(36-25-34(29-14-6-2-7-15-29)24-35(26-36)30-16-8-3-9-17-30)44(58)48(62)50-40(43)41-45(59)46(60)42(47(61)49(41)64-50)53-55-51(32-22-20-31(21-23-32)28-12-4-1-5-13-28)54-52(56-53)38-27-33-18-10-11-19-37(33)63-38/h1-27,57-62H. The molecule has 0 aliphatic rings. The molecule has 8 aromatic carbocycles. The Labute approximate surface area is 363 Å². The van der Waals surface area contributed by atoms with Crippen molar-refractivity contribution in [2.24, 2.45) is 0 Å². The molecule has 0 atom stereocenters. The van der Waals surface area contributed by atoms with Crippen molar-refractivity contribution in [2.75, 3.05) is 0 Å². The second-order valence-electron chi connectivity index (χ2n) is 15.3. The van der Waals surface area contributed by atoms with E-state index < -0.39 is 51.2 Å². The smallest absolute Gasteiger partial charge is 0.202 e. The first-order valence-electron chi connectivity index (χ1n) is 20.2. The average Bonchev–Trinajstić information content (AvgIpc) is 3.98. The minimum absolute atomic E-state index is 0.0591. The summed E-state index contributed by atoms with van der Waals surface area (Å²) in [6.45, 7) is 0. The molecule has 0 saturated heterocycles. The molecule has 3 aromatic heterocycles. The van der Waals surface area contributed by atoms with E-state index in [1.807, 2.05) is 140 Å². The molecule has 0 fully saturated rings. The van der Waals surface area contributed by atoms with E-state index in [0.717, 1.165) is 38.8 Å². The molecule has 0 aliphatic heterocycles. The minimum Gasteiger partial charge on any atom is -0.506 e. The minimum atomic E-state index is -0.856. The van der Waals surface area contributed by atoms with Gasteiger partial charge in [-0.25, -0.2) is 15.0 Å². The number of rotatable bonds is 7. The molecule has 11 heteroatoms. The predicted molar refractivity (Wildman–Crippen MR) is 245 cm³/mol. The van der Waals surface area contributed by atoms with Gasteiger partial charge in [0.25, 0.3) is 0 Å². The van der Waals surface area contributed by atoms with Gasteiger partial charge in [0.2, 0.25) is 5.75 Å². The topological polar surface area (TPSA) is 186 Å². The number of phenolic OH excluding ortho intramolecular Hbond substituents is 6. The van der Waals surface area contributed by atoms with Gasteiger partial charge in [0.05, 0.1) is 16.3 Å². The van der Waals surface area contributed by atoms with Crippen LogP contribution in [0.25, 0.3) is 112 Å². The zero-order valence-electron chi connectivity index (χ0n) is 33.4. The van der Waals surface area contributed by atoms with E-state index in [-0.39, 0.29) is 39.6 Å². The first-order valence-corrected chi connectivity index (χ1v) is 20.2. The molecule has 0 aliphatic carbocycles. The normalized spacial score (nSPS) is 11.5. The molecule has 0 amide bonds. The zero-order chi connectivity index (χ0) is 43.6. The number of aromatic hydroxyl groups is 6. The van der Waals surface area contributed by atoms with Gasteiger partial charge >= 0.3 is 0 Å². The molecule has 0 saturated carbocycles. The maximum absolute atomic E-state index is 12.1. The van der Waals surface area contributed by atoms with Crippen LogP contribution in [0.4, 0.5) is 0 Å². The van der Waals surface area contributed by atoms with E-state index in [0.29, 0.717) is 16.7 Å². The summed E-state index contributed by atoms with van der Waals surface area (Å²) in [6.07, 6.45) is 0. The van der Waals surface area contributed by atoms with Crippen LogP contribution in [0.2, 0.25) is 0 Å². The summed E-state index contributed by atoms with van der Waals surface area (Å²) < 4.78 is 12.1. The van der Waals surface area contributed by atoms with Gasteiger partial charge in [0.1, 0.15) is 16.9 Å². The van der Waals surface area contributed by atoms with Crippen LogP contribution >= 0.6 is 0 Å². The van der Waals surface area contributed by atoms with Crippen molar-refractivity contribution < 1.29 is 39.5 Å². The Morgan fingerprint density at radius 3 is 1.41 bits per heavy atom. The fourth-order valence-corrected chi connectivity index (χ4v) is 8.26. The van der Waals surface area contributed by atoms with Crippen LogP contribution < -0.4 is 0 Å². The Morgan fingerprint density at radius 1 is 0.312 bits per heavy atom. The van der Waals surface area contributed by atoms with Crippen LogP contribution in [0.5, 0.6) is 34.5 Å². The number of hydrogen-bond acceptors (Lipinski definition) is 11. The van der Waals surface area contributed by atoms with Crippen molar-refractivity contribution >= 4 is 32.9 Å². The van der Waals surface area contributed by atoms with Crippen LogP contribution in [0, 0.1) is 0 Å². The summed E-state index contributed by atoms with van der Waals surface area (Å²) in [5.74, 6) is -4.28. The SMILES string of the molecule is Oc1c(-c2cc(-c3ccccc3)cc(-c3ccccc3)c2)c(O)c2c(oc3c(O)c(-c4nc(-c5ccc(-c6ccccc6)cc5)nc(-c5cc6ccccc6o5)n4)c(O)c(O)c32)c1O. The average molecular weight is 840 g/mol. The van der Waals surface area contributed by atoms with Gasteiger partial charge in [0.15, 0.2) is 57.4 Å². The first kappa shape index (κ1) is 37.9. The van der Waals surface area contributed by atoms with Crippen LogP contribution in [0.15, 0.2) is 173 Å². The maximum atomic E-state index is 12.1. The molecule has 0 spiro atoms. The number of aromatic nitrogens is 3.